The predicted octanol–water partition coefficient (Wildman–Crippen LogP) is 0.0924. The molecule has 6 nitrogen and oxygen atoms in total. The van der Waals surface area contributed by atoms with E-state index in [2.05, 4.69) is 23.9 Å². The number of hydrogen-bond donors (Lipinski definition) is 2. The van der Waals surface area contributed by atoms with E-state index in [9.17, 15) is 8.42 Å². The Morgan fingerprint density at radius 3 is 2.11 bits per heavy atom. The third kappa shape index (κ3) is 10.3. The molecule has 0 aromatic heterocycles. The Morgan fingerprint density at radius 2 is 1.58 bits per heavy atom. The van der Waals surface area contributed by atoms with Crippen molar-refractivity contribution in [3.8, 4) is 0 Å². The van der Waals surface area contributed by atoms with Crippen molar-refractivity contribution in [2.45, 2.75) is 32.7 Å². The van der Waals surface area contributed by atoms with Crippen LogP contribution in [0.4, 0.5) is 0 Å². The summed E-state index contributed by atoms with van der Waals surface area (Å²) in [5, 5.41) is 3.27. The second kappa shape index (κ2) is 9.66. The normalized spacial score (nSPS) is 12.8. The first kappa shape index (κ1) is 18.8. The molecule has 0 fully saturated rings. The number of nitrogens with one attached hydrogen (secondary N) is 2. The van der Waals surface area contributed by atoms with E-state index in [0.29, 0.717) is 19.1 Å². The summed E-state index contributed by atoms with van der Waals surface area (Å²) in [6, 6.07) is 0.436. The van der Waals surface area contributed by atoms with Gasteiger partial charge in [0.25, 0.3) is 10.2 Å². The molecule has 7 heteroatoms. The summed E-state index contributed by atoms with van der Waals surface area (Å²) in [5.41, 5.74) is 0. The summed E-state index contributed by atoms with van der Waals surface area (Å²) in [4.78, 5) is 2.04. The predicted molar refractivity (Wildman–Crippen MR) is 80.5 cm³/mol. The topological polar surface area (TPSA) is 64.7 Å². The van der Waals surface area contributed by atoms with Crippen LogP contribution in [0, 0.1) is 0 Å². The van der Waals surface area contributed by atoms with E-state index in [-0.39, 0.29) is 0 Å². The summed E-state index contributed by atoms with van der Waals surface area (Å²) >= 11 is 0. The van der Waals surface area contributed by atoms with Crippen molar-refractivity contribution >= 4 is 10.2 Å². The van der Waals surface area contributed by atoms with Gasteiger partial charge in [-0.1, -0.05) is 13.8 Å². The first-order valence-corrected chi connectivity index (χ1v) is 8.28. The summed E-state index contributed by atoms with van der Waals surface area (Å²) < 4.78 is 27.8. The third-order valence-corrected chi connectivity index (χ3v) is 4.25. The van der Waals surface area contributed by atoms with Crippen LogP contribution in [-0.4, -0.2) is 71.0 Å². The molecular weight excluding hydrogens is 264 g/mol. The molecule has 0 rings (SSSR count). The molecule has 0 amide bonds. The fourth-order valence-corrected chi connectivity index (χ4v) is 2.51. The molecule has 0 atom stereocenters. The van der Waals surface area contributed by atoms with Gasteiger partial charge in [0.1, 0.15) is 0 Å². The maximum atomic E-state index is 11.9. The Labute approximate surface area is 118 Å². The Morgan fingerprint density at radius 1 is 1.00 bits per heavy atom. The van der Waals surface area contributed by atoms with Crippen LogP contribution < -0.4 is 10.0 Å². The lowest BCUT2D eigenvalue weighted by Crippen LogP contribution is -2.40. The summed E-state index contributed by atoms with van der Waals surface area (Å²) in [7, 11) is 2.24. The van der Waals surface area contributed by atoms with Crippen molar-refractivity contribution in [1.82, 2.24) is 19.2 Å². The van der Waals surface area contributed by atoms with Gasteiger partial charge in [0, 0.05) is 26.2 Å². The smallest absolute Gasteiger partial charge is 0.279 e. The highest BCUT2D eigenvalue weighted by atomic mass is 32.2. The Kier molecular flexibility index (Phi) is 9.55. The Balaban J connectivity index is 3.84. The van der Waals surface area contributed by atoms with Crippen LogP contribution in [0.15, 0.2) is 0 Å². The van der Waals surface area contributed by atoms with E-state index in [1.165, 1.54) is 4.31 Å². The van der Waals surface area contributed by atoms with Gasteiger partial charge < -0.3 is 10.2 Å². The first-order chi connectivity index (χ1) is 8.75. The minimum absolute atomic E-state index is 0.436. The van der Waals surface area contributed by atoms with Gasteiger partial charge in [-0.15, -0.1) is 0 Å². The lowest BCUT2D eigenvalue weighted by molar-refractivity contribution is 0.396. The molecule has 0 aliphatic carbocycles. The van der Waals surface area contributed by atoms with Crippen LogP contribution in [-0.2, 0) is 10.2 Å². The fraction of sp³-hybridized carbons (Fsp3) is 1.00. The third-order valence-electron chi connectivity index (χ3n) is 2.68. The van der Waals surface area contributed by atoms with Crippen molar-refractivity contribution in [3.05, 3.63) is 0 Å². The molecule has 2 N–H and O–H groups in total. The quantitative estimate of drug-likeness (QED) is 0.530. The van der Waals surface area contributed by atoms with Gasteiger partial charge in [0.15, 0.2) is 0 Å². The van der Waals surface area contributed by atoms with Crippen molar-refractivity contribution in [1.29, 1.82) is 0 Å². The number of rotatable bonds is 11. The van der Waals surface area contributed by atoms with Gasteiger partial charge in [-0.2, -0.15) is 12.7 Å². The fourth-order valence-electron chi connectivity index (χ4n) is 1.52. The molecule has 0 heterocycles. The average molecular weight is 294 g/mol. The van der Waals surface area contributed by atoms with Crippen LogP contribution in [0.5, 0.6) is 0 Å². The molecule has 19 heavy (non-hydrogen) atoms. The zero-order valence-corrected chi connectivity index (χ0v) is 13.8. The second-order valence-corrected chi connectivity index (χ2v) is 7.20. The Hall–Kier alpha value is -0.210. The lowest BCUT2D eigenvalue weighted by atomic mass is 10.3. The molecule has 0 bridgehead atoms. The van der Waals surface area contributed by atoms with Gasteiger partial charge in [0.2, 0.25) is 0 Å². The molecule has 0 aromatic carbocycles. The van der Waals surface area contributed by atoms with Gasteiger partial charge in [-0.05, 0) is 40.0 Å². The maximum Gasteiger partial charge on any atom is 0.279 e. The van der Waals surface area contributed by atoms with Crippen LogP contribution in [0.3, 0.4) is 0 Å². The highest BCUT2D eigenvalue weighted by molar-refractivity contribution is 7.87. The van der Waals surface area contributed by atoms with E-state index in [1.54, 1.807) is 7.05 Å². The first-order valence-electron chi connectivity index (χ1n) is 6.84. The van der Waals surface area contributed by atoms with Gasteiger partial charge in [-0.3, -0.25) is 0 Å². The van der Waals surface area contributed by atoms with Crippen LogP contribution in [0.25, 0.3) is 0 Å². The molecule has 116 valence electrons. The van der Waals surface area contributed by atoms with Crippen molar-refractivity contribution in [2.75, 3.05) is 47.3 Å². The van der Waals surface area contributed by atoms with E-state index in [1.807, 2.05) is 19.0 Å². The number of hydrogen-bond acceptors (Lipinski definition) is 4. The molecular formula is C12H30N4O2S. The average Bonchev–Trinajstić information content (AvgIpc) is 2.29. The molecule has 0 spiro atoms. The van der Waals surface area contributed by atoms with Gasteiger partial charge >= 0.3 is 0 Å². The zero-order valence-electron chi connectivity index (χ0n) is 12.9. The number of nitrogens with zero attached hydrogens (tertiary/aromatic N) is 2. The molecule has 0 saturated heterocycles. The maximum absolute atomic E-state index is 11.9. The Bertz CT molecular complexity index is 318. The molecule has 0 aromatic rings. The van der Waals surface area contributed by atoms with Crippen LogP contribution in [0.1, 0.15) is 26.7 Å². The van der Waals surface area contributed by atoms with Crippen molar-refractivity contribution in [2.24, 2.45) is 0 Å². The van der Waals surface area contributed by atoms with Crippen LogP contribution in [0.2, 0.25) is 0 Å². The van der Waals surface area contributed by atoms with Gasteiger partial charge in [-0.25, -0.2) is 4.72 Å². The highest BCUT2D eigenvalue weighted by Gasteiger charge is 2.15. The molecule has 0 saturated carbocycles. The van der Waals surface area contributed by atoms with E-state index >= 15 is 0 Å². The van der Waals surface area contributed by atoms with Gasteiger partial charge in [0.05, 0.1) is 0 Å². The highest BCUT2D eigenvalue weighted by Crippen LogP contribution is 1.96. The molecule has 0 radical (unpaired) electrons. The second-order valence-electron chi connectivity index (χ2n) is 5.34. The van der Waals surface area contributed by atoms with E-state index < -0.39 is 10.2 Å². The molecule has 0 unspecified atom stereocenters. The molecule has 0 aliphatic rings. The monoisotopic (exact) mass is 294 g/mol. The standard InChI is InChI=1S/C12H30N4O2S/c1-12(2)13-8-6-11-16(5)19(17,18)14-9-7-10-15(3)4/h12-14H,6-11H2,1-5H3. The van der Waals surface area contributed by atoms with E-state index in [4.69, 9.17) is 0 Å². The summed E-state index contributed by atoms with van der Waals surface area (Å²) in [6.45, 7) is 6.88. The minimum atomic E-state index is -3.32. The van der Waals surface area contributed by atoms with Crippen molar-refractivity contribution in [3.63, 3.8) is 0 Å². The molecule has 0 aliphatic heterocycles. The lowest BCUT2D eigenvalue weighted by Gasteiger charge is -2.18. The zero-order chi connectivity index (χ0) is 14.9. The SMILES string of the molecule is CC(C)NCCCN(C)S(=O)(=O)NCCCN(C)C. The minimum Gasteiger partial charge on any atom is -0.314 e. The van der Waals surface area contributed by atoms with Crippen LogP contribution >= 0.6 is 0 Å². The summed E-state index contributed by atoms with van der Waals surface area (Å²) in [6.07, 6.45) is 1.63. The summed E-state index contributed by atoms with van der Waals surface area (Å²) in [5.74, 6) is 0. The van der Waals surface area contributed by atoms with E-state index in [0.717, 1.165) is 25.9 Å². The van der Waals surface area contributed by atoms with Crippen molar-refractivity contribution < 1.29 is 8.42 Å². The largest absolute Gasteiger partial charge is 0.314 e.